The molecule has 0 fully saturated rings. The van der Waals surface area contributed by atoms with Crippen molar-refractivity contribution in [2.75, 3.05) is 11.6 Å². The van der Waals surface area contributed by atoms with E-state index >= 15 is 0 Å². The minimum atomic E-state index is -3.56. The summed E-state index contributed by atoms with van der Waals surface area (Å²) in [5, 5.41) is 13.2. The van der Waals surface area contributed by atoms with Gasteiger partial charge in [-0.1, -0.05) is 18.2 Å². The van der Waals surface area contributed by atoms with Gasteiger partial charge in [0.15, 0.2) is 9.84 Å². The summed E-state index contributed by atoms with van der Waals surface area (Å²) in [5.74, 6) is -0.651. The Morgan fingerprint density at radius 2 is 1.82 bits per heavy atom. The molecule has 8 heteroatoms. The highest BCUT2D eigenvalue weighted by Gasteiger charge is 2.18. The van der Waals surface area contributed by atoms with Crippen molar-refractivity contribution in [1.29, 1.82) is 0 Å². The zero-order chi connectivity index (χ0) is 16.3. The highest BCUT2D eigenvalue weighted by atomic mass is 32.2. The fourth-order valence-corrected chi connectivity index (χ4v) is 2.76. The summed E-state index contributed by atoms with van der Waals surface area (Å²) in [4.78, 5) is 22.2. The van der Waals surface area contributed by atoms with E-state index in [9.17, 15) is 23.3 Å². The van der Waals surface area contributed by atoms with Crippen molar-refractivity contribution in [3.8, 4) is 0 Å². The number of non-ortho nitro benzene ring substituents is 1. The number of nitrogens with zero attached hydrogens (tertiary/aromatic N) is 1. The molecule has 1 amide bonds. The number of carbonyl (C=O) groups excluding carboxylic acids is 1. The molecule has 114 valence electrons. The molecule has 1 N–H and O–H groups in total. The van der Waals surface area contributed by atoms with Gasteiger partial charge in [-0.2, -0.15) is 0 Å². The standard InChI is InChI=1S/C14H12N2O5S/c1-22(20,21)13-8-3-2-7-12(13)14(17)15-10-5-4-6-11(9-10)16(18)19/h2-9H,1H3,(H,15,17). The fraction of sp³-hybridized carbons (Fsp3) is 0.0714. The number of hydrogen-bond acceptors (Lipinski definition) is 5. The lowest BCUT2D eigenvalue weighted by Gasteiger charge is -2.08. The minimum Gasteiger partial charge on any atom is -0.322 e. The van der Waals surface area contributed by atoms with Crippen LogP contribution < -0.4 is 5.32 Å². The van der Waals surface area contributed by atoms with Gasteiger partial charge in [0.2, 0.25) is 0 Å². The molecule has 22 heavy (non-hydrogen) atoms. The molecule has 0 aliphatic heterocycles. The smallest absolute Gasteiger partial charge is 0.271 e. The lowest BCUT2D eigenvalue weighted by atomic mass is 10.2. The molecule has 0 heterocycles. The third kappa shape index (κ3) is 3.47. The van der Waals surface area contributed by atoms with Crippen LogP contribution in [0.4, 0.5) is 11.4 Å². The molecule has 0 unspecified atom stereocenters. The van der Waals surface area contributed by atoms with Crippen LogP contribution in [-0.2, 0) is 9.84 Å². The maximum absolute atomic E-state index is 12.2. The third-order valence-corrected chi connectivity index (χ3v) is 4.00. The van der Waals surface area contributed by atoms with Crippen LogP contribution in [0.1, 0.15) is 10.4 Å². The maximum Gasteiger partial charge on any atom is 0.271 e. The van der Waals surface area contributed by atoms with E-state index in [-0.39, 0.29) is 21.8 Å². The molecular weight excluding hydrogens is 308 g/mol. The van der Waals surface area contributed by atoms with Crippen molar-refractivity contribution in [3.63, 3.8) is 0 Å². The monoisotopic (exact) mass is 320 g/mol. The summed E-state index contributed by atoms with van der Waals surface area (Å²) >= 11 is 0. The second-order valence-electron chi connectivity index (χ2n) is 4.53. The molecule has 0 atom stereocenters. The van der Waals surface area contributed by atoms with Gasteiger partial charge in [0.05, 0.1) is 15.4 Å². The van der Waals surface area contributed by atoms with E-state index in [1.165, 1.54) is 48.5 Å². The number of nitro benzene ring substituents is 1. The Hall–Kier alpha value is -2.74. The van der Waals surface area contributed by atoms with Crippen molar-refractivity contribution in [3.05, 3.63) is 64.2 Å². The number of sulfone groups is 1. The third-order valence-electron chi connectivity index (χ3n) is 2.85. The van der Waals surface area contributed by atoms with Gasteiger partial charge in [-0.15, -0.1) is 0 Å². The van der Waals surface area contributed by atoms with Gasteiger partial charge in [0.25, 0.3) is 11.6 Å². The molecule has 0 saturated carbocycles. The second-order valence-corrected chi connectivity index (χ2v) is 6.51. The molecule has 7 nitrogen and oxygen atoms in total. The lowest BCUT2D eigenvalue weighted by Crippen LogP contribution is -2.16. The van der Waals surface area contributed by atoms with Crippen LogP contribution in [0, 0.1) is 10.1 Å². The highest BCUT2D eigenvalue weighted by molar-refractivity contribution is 7.90. The van der Waals surface area contributed by atoms with Crippen LogP contribution in [0.2, 0.25) is 0 Å². The quantitative estimate of drug-likeness (QED) is 0.687. The summed E-state index contributed by atoms with van der Waals surface area (Å²) in [6.07, 6.45) is 1.01. The number of hydrogen-bond donors (Lipinski definition) is 1. The first-order valence-electron chi connectivity index (χ1n) is 6.14. The zero-order valence-electron chi connectivity index (χ0n) is 11.5. The molecule has 0 aromatic heterocycles. The van der Waals surface area contributed by atoms with E-state index in [2.05, 4.69) is 5.32 Å². The van der Waals surface area contributed by atoms with Crippen molar-refractivity contribution < 1.29 is 18.1 Å². The molecule has 0 radical (unpaired) electrons. The first kappa shape index (κ1) is 15.6. The summed E-state index contributed by atoms with van der Waals surface area (Å²) in [7, 11) is -3.56. The Kier molecular flexibility index (Phi) is 4.22. The highest BCUT2D eigenvalue weighted by Crippen LogP contribution is 2.20. The average molecular weight is 320 g/mol. The summed E-state index contributed by atoms with van der Waals surface area (Å²) in [6, 6.07) is 11.2. The zero-order valence-corrected chi connectivity index (χ0v) is 12.3. The predicted octanol–water partition coefficient (Wildman–Crippen LogP) is 2.25. The Morgan fingerprint density at radius 3 is 2.45 bits per heavy atom. The SMILES string of the molecule is CS(=O)(=O)c1ccccc1C(=O)Nc1cccc([N+](=O)[O-])c1. The van der Waals surface area contributed by atoms with Gasteiger partial charge in [0, 0.05) is 24.1 Å². The predicted molar refractivity (Wildman–Crippen MR) is 80.6 cm³/mol. The van der Waals surface area contributed by atoms with Gasteiger partial charge in [-0.25, -0.2) is 8.42 Å². The first-order valence-corrected chi connectivity index (χ1v) is 8.03. The van der Waals surface area contributed by atoms with Crippen LogP contribution in [0.5, 0.6) is 0 Å². The normalized spacial score (nSPS) is 11.0. The minimum absolute atomic E-state index is 0.0171. The second kappa shape index (κ2) is 5.94. The number of rotatable bonds is 4. The van der Waals surface area contributed by atoms with E-state index in [1.807, 2.05) is 0 Å². The fourth-order valence-electron chi connectivity index (χ4n) is 1.87. The molecule has 2 rings (SSSR count). The number of carbonyl (C=O) groups is 1. The van der Waals surface area contributed by atoms with E-state index in [0.29, 0.717) is 0 Å². The van der Waals surface area contributed by atoms with Gasteiger partial charge in [-0.3, -0.25) is 14.9 Å². The Morgan fingerprint density at radius 1 is 1.14 bits per heavy atom. The first-order chi connectivity index (χ1) is 10.3. The molecule has 2 aromatic carbocycles. The van der Waals surface area contributed by atoms with Crippen molar-refractivity contribution in [1.82, 2.24) is 0 Å². The Balaban J connectivity index is 2.35. The van der Waals surface area contributed by atoms with Gasteiger partial charge >= 0.3 is 0 Å². The van der Waals surface area contributed by atoms with Gasteiger partial charge in [-0.05, 0) is 18.2 Å². The molecular formula is C14H12N2O5S. The van der Waals surface area contributed by atoms with E-state index < -0.39 is 20.7 Å². The number of nitro groups is 1. The summed E-state index contributed by atoms with van der Waals surface area (Å²) < 4.78 is 23.4. The Bertz CT molecular complexity index is 846. The van der Waals surface area contributed by atoms with Crippen molar-refractivity contribution in [2.24, 2.45) is 0 Å². The van der Waals surface area contributed by atoms with Crippen molar-refractivity contribution in [2.45, 2.75) is 4.90 Å². The van der Waals surface area contributed by atoms with E-state index in [4.69, 9.17) is 0 Å². The van der Waals surface area contributed by atoms with Crippen LogP contribution in [0.3, 0.4) is 0 Å². The molecule has 0 aliphatic carbocycles. The van der Waals surface area contributed by atoms with Crippen LogP contribution in [0.15, 0.2) is 53.4 Å². The van der Waals surface area contributed by atoms with Crippen LogP contribution in [0.25, 0.3) is 0 Å². The molecule has 0 aliphatic rings. The Labute approximate surface area is 126 Å². The van der Waals surface area contributed by atoms with E-state index in [1.54, 1.807) is 0 Å². The molecule has 2 aromatic rings. The topological polar surface area (TPSA) is 106 Å². The molecule has 0 saturated heterocycles. The van der Waals surface area contributed by atoms with Crippen molar-refractivity contribution >= 4 is 27.1 Å². The van der Waals surface area contributed by atoms with Crippen LogP contribution >= 0.6 is 0 Å². The van der Waals surface area contributed by atoms with E-state index in [0.717, 1.165) is 6.26 Å². The molecule has 0 bridgehead atoms. The van der Waals surface area contributed by atoms with Gasteiger partial charge < -0.3 is 5.32 Å². The number of anilines is 1. The maximum atomic E-state index is 12.2. The summed E-state index contributed by atoms with van der Waals surface area (Å²) in [5.41, 5.74) is 0.0215. The largest absolute Gasteiger partial charge is 0.322 e. The number of nitrogens with one attached hydrogen (secondary N) is 1. The number of benzene rings is 2. The molecule has 0 spiro atoms. The van der Waals surface area contributed by atoms with Gasteiger partial charge in [0.1, 0.15) is 0 Å². The lowest BCUT2D eigenvalue weighted by molar-refractivity contribution is -0.384. The van der Waals surface area contributed by atoms with Crippen LogP contribution in [-0.4, -0.2) is 25.5 Å². The number of amides is 1. The average Bonchev–Trinajstić information content (AvgIpc) is 2.46. The summed E-state index contributed by atoms with van der Waals surface area (Å²) in [6.45, 7) is 0.